The van der Waals surface area contributed by atoms with E-state index in [1.807, 2.05) is 17.5 Å². The minimum absolute atomic E-state index is 0.100. The summed E-state index contributed by atoms with van der Waals surface area (Å²) in [6, 6.07) is 4.11. The Morgan fingerprint density at radius 3 is 2.87 bits per heavy atom. The summed E-state index contributed by atoms with van der Waals surface area (Å²) in [5.74, 6) is 0.567. The number of rotatable bonds is 5. The lowest BCUT2D eigenvalue weighted by atomic mass is 9.93. The first-order valence-corrected chi connectivity index (χ1v) is 8.67. The standard InChI is InChI=1S/C16H20N4O2S/c21-16(19-10-14-2-1-9-23-14)20-12-3-5-13(6-4-12)22-15-11-17-7-8-18-15/h1-2,7-9,11-13H,3-6,10H2,(H2,19,20,21). The molecule has 0 unspecified atom stereocenters. The zero-order valence-corrected chi connectivity index (χ0v) is 13.6. The Balaban J connectivity index is 1.36. The van der Waals surface area contributed by atoms with Crippen LogP contribution in [0.4, 0.5) is 4.79 Å². The molecule has 7 heteroatoms. The van der Waals surface area contributed by atoms with Crippen LogP contribution in [-0.2, 0) is 6.54 Å². The quantitative estimate of drug-likeness (QED) is 0.883. The zero-order chi connectivity index (χ0) is 15.9. The number of nitrogens with one attached hydrogen (secondary N) is 2. The highest BCUT2D eigenvalue weighted by atomic mass is 32.1. The predicted molar refractivity (Wildman–Crippen MR) is 88.4 cm³/mol. The number of hydrogen-bond acceptors (Lipinski definition) is 5. The monoisotopic (exact) mass is 332 g/mol. The Labute approximate surface area is 139 Å². The lowest BCUT2D eigenvalue weighted by molar-refractivity contribution is 0.134. The fourth-order valence-corrected chi connectivity index (χ4v) is 3.30. The maximum Gasteiger partial charge on any atom is 0.315 e. The summed E-state index contributed by atoms with van der Waals surface area (Å²) in [4.78, 5) is 21.2. The molecular formula is C16H20N4O2S. The van der Waals surface area contributed by atoms with Crippen molar-refractivity contribution >= 4 is 17.4 Å². The number of urea groups is 1. The van der Waals surface area contributed by atoms with Gasteiger partial charge in [0.2, 0.25) is 5.88 Å². The molecule has 3 rings (SSSR count). The van der Waals surface area contributed by atoms with Gasteiger partial charge in [-0.1, -0.05) is 6.07 Å². The summed E-state index contributed by atoms with van der Waals surface area (Å²) in [7, 11) is 0. The first kappa shape index (κ1) is 15.7. The van der Waals surface area contributed by atoms with Crippen LogP contribution in [0.2, 0.25) is 0 Å². The number of ether oxygens (including phenoxy) is 1. The number of thiophene rings is 1. The highest BCUT2D eigenvalue weighted by molar-refractivity contribution is 7.09. The highest BCUT2D eigenvalue weighted by Crippen LogP contribution is 2.22. The van der Waals surface area contributed by atoms with Crippen LogP contribution in [0.5, 0.6) is 5.88 Å². The van der Waals surface area contributed by atoms with Gasteiger partial charge in [-0.15, -0.1) is 11.3 Å². The van der Waals surface area contributed by atoms with Gasteiger partial charge in [0, 0.05) is 23.3 Å². The van der Waals surface area contributed by atoms with E-state index in [0.29, 0.717) is 12.4 Å². The number of aromatic nitrogens is 2. The van der Waals surface area contributed by atoms with Crippen molar-refractivity contribution in [1.82, 2.24) is 20.6 Å². The van der Waals surface area contributed by atoms with Gasteiger partial charge >= 0.3 is 6.03 Å². The summed E-state index contributed by atoms with van der Waals surface area (Å²) in [5, 5.41) is 7.94. The van der Waals surface area contributed by atoms with E-state index in [1.165, 1.54) is 0 Å². The second kappa shape index (κ2) is 7.92. The lowest BCUT2D eigenvalue weighted by Crippen LogP contribution is -2.44. The van der Waals surface area contributed by atoms with E-state index in [1.54, 1.807) is 29.9 Å². The van der Waals surface area contributed by atoms with Crippen molar-refractivity contribution in [2.45, 2.75) is 44.4 Å². The highest BCUT2D eigenvalue weighted by Gasteiger charge is 2.23. The van der Waals surface area contributed by atoms with Crippen LogP contribution in [0.25, 0.3) is 0 Å². The minimum atomic E-state index is -0.100. The van der Waals surface area contributed by atoms with Gasteiger partial charge in [0.1, 0.15) is 6.10 Å². The molecule has 2 N–H and O–H groups in total. The normalized spacial score (nSPS) is 20.7. The van der Waals surface area contributed by atoms with Gasteiger partial charge in [0.15, 0.2) is 0 Å². The molecule has 23 heavy (non-hydrogen) atoms. The van der Waals surface area contributed by atoms with Gasteiger partial charge < -0.3 is 15.4 Å². The topological polar surface area (TPSA) is 76.1 Å². The molecule has 2 heterocycles. The Kier molecular flexibility index (Phi) is 5.42. The number of carbonyl (C=O) groups is 1. The van der Waals surface area contributed by atoms with Crippen molar-refractivity contribution in [3.63, 3.8) is 0 Å². The summed E-state index contributed by atoms with van der Waals surface area (Å²) in [6.45, 7) is 0.578. The summed E-state index contributed by atoms with van der Waals surface area (Å²) < 4.78 is 5.80. The lowest BCUT2D eigenvalue weighted by Gasteiger charge is -2.29. The summed E-state index contributed by atoms with van der Waals surface area (Å²) in [6.07, 6.45) is 8.68. The average molecular weight is 332 g/mol. The fourth-order valence-electron chi connectivity index (χ4n) is 2.66. The summed E-state index contributed by atoms with van der Waals surface area (Å²) >= 11 is 1.64. The van der Waals surface area contributed by atoms with Gasteiger partial charge in [-0.25, -0.2) is 9.78 Å². The third kappa shape index (κ3) is 4.92. The fraction of sp³-hybridized carbons (Fsp3) is 0.438. The van der Waals surface area contributed by atoms with Crippen LogP contribution >= 0.6 is 11.3 Å². The van der Waals surface area contributed by atoms with E-state index < -0.39 is 0 Å². The molecule has 2 amide bonds. The van der Waals surface area contributed by atoms with Crippen molar-refractivity contribution in [3.05, 3.63) is 41.0 Å². The molecule has 0 aromatic carbocycles. The molecule has 2 aromatic rings. The molecule has 122 valence electrons. The van der Waals surface area contributed by atoms with E-state index >= 15 is 0 Å². The minimum Gasteiger partial charge on any atom is -0.473 e. The average Bonchev–Trinajstić information content (AvgIpc) is 3.09. The van der Waals surface area contributed by atoms with Crippen molar-refractivity contribution in [3.8, 4) is 5.88 Å². The third-order valence-electron chi connectivity index (χ3n) is 3.84. The van der Waals surface area contributed by atoms with Crippen molar-refractivity contribution < 1.29 is 9.53 Å². The second-order valence-electron chi connectivity index (χ2n) is 5.54. The first-order chi connectivity index (χ1) is 11.3. The molecule has 1 aliphatic rings. The molecule has 1 saturated carbocycles. The van der Waals surface area contributed by atoms with Gasteiger partial charge in [0.25, 0.3) is 0 Å². The van der Waals surface area contributed by atoms with E-state index in [2.05, 4.69) is 20.6 Å². The molecule has 0 saturated heterocycles. The van der Waals surface area contributed by atoms with Crippen molar-refractivity contribution in [2.75, 3.05) is 0 Å². The predicted octanol–water partition coefficient (Wildman–Crippen LogP) is 2.73. The molecular weight excluding hydrogens is 312 g/mol. The Morgan fingerprint density at radius 1 is 1.30 bits per heavy atom. The molecule has 0 bridgehead atoms. The van der Waals surface area contributed by atoms with Crippen molar-refractivity contribution in [1.29, 1.82) is 0 Å². The van der Waals surface area contributed by atoms with Crippen LogP contribution in [0.1, 0.15) is 30.6 Å². The van der Waals surface area contributed by atoms with Crippen molar-refractivity contribution in [2.24, 2.45) is 0 Å². The zero-order valence-electron chi connectivity index (χ0n) is 12.8. The van der Waals surface area contributed by atoms with E-state index in [4.69, 9.17) is 4.74 Å². The molecule has 0 aliphatic heterocycles. The first-order valence-electron chi connectivity index (χ1n) is 7.79. The molecule has 2 aromatic heterocycles. The molecule has 0 spiro atoms. The van der Waals surface area contributed by atoms with Crippen LogP contribution in [0, 0.1) is 0 Å². The smallest absolute Gasteiger partial charge is 0.315 e. The van der Waals surface area contributed by atoms with Gasteiger partial charge in [-0.3, -0.25) is 4.98 Å². The van der Waals surface area contributed by atoms with E-state index in [-0.39, 0.29) is 18.2 Å². The SMILES string of the molecule is O=C(NCc1cccs1)NC1CCC(Oc2cnccn2)CC1. The largest absolute Gasteiger partial charge is 0.473 e. The van der Waals surface area contributed by atoms with Crippen LogP contribution in [0.3, 0.4) is 0 Å². The maximum atomic E-state index is 11.9. The molecule has 6 nitrogen and oxygen atoms in total. The number of amides is 2. The molecule has 0 radical (unpaired) electrons. The third-order valence-corrected chi connectivity index (χ3v) is 4.72. The maximum absolute atomic E-state index is 11.9. The van der Waals surface area contributed by atoms with E-state index in [9.17, 15) is 4.79 Å². The van der Waals surface area contributed by atoms with E-state index in [0.717, 1.165) is 30.6 Å². The Bertz CT molecular complexity index is 598. The second-order valence-corrected chi connectivity index (χ2v) is 6.57. The molecule has 0 atom stereocenters. The van der Waals surface area contributed by atoms with Gasteiger partial charge in [-0.05, 0) is 37.1 Å². The van der Waals surface area contributed by atoms with Crippen LogP contribution in [-0.4, -0.2) is 28.1 Å². The van der Waals surface area contributed by atoms with Crippen LogP contribution in [0.15, 0.2) is 36.1 Å². The van der Waals surface area contributed by atoms with Crippen LogP contribution < -0.4 is 15.4 Å². The Morgan fingerprint density at radius 2 is 2.17 bits per heavy atom. The number of carbonyl (C=O) groups excluding carboxylic acids is 1. The summed E-state index contributed by atoms with van der Waals surface area (Å²) in [5.41, 5.74) is 0. The molecule has 1 fully saturated rings. The molecule has 1 aliphatic carbocycles. The van der Waals surface area contributed by atoms with Gasteiger partial charge in [-0.2, -0.15) is 0 Å². The number of nitrogens with zero attached hydrogens (tertiary/aromatic N) is 2. The van der Waals surface area contributed by atoms with Gasteiger partial charge in [0.05, 0.1) is 12.7 Å². The number of hydrogen-bond donors (Lipinski definition) is 2. The Hall–Kier alpha value is -2.15.